The maximum absolute atomic E-state index is 12.2. The number of nitrogens with two attached hydrogens (primary N) is 1. The van der Waals surface area contributed by atoms with Gasteiger partial charge in [-0.05, 0) is 62.2 Å². The van der Waals surface area contributed by atoms with Crippen LogP contribution in [0.3, 0.4) is 0 Å². The number of hydrogen-bond acceptors (Lipinski definition) is 6. The maximum Gasteiger partial charge on any atom is 0.254 e. The molecule has 2 aromatic rings. The summed E-state index contributed by atoms with van der Waals surface area (Å²) in [7, 11) is -2.04. The molecule has 0 aliphatic carbocycles. The van der Waals surface area contributed by atoms with Gasteiger partial charge in [-0.25, -0.2) is 0 Å². The molecule has 0 spiro atoms. The lowest BCUT2D eigenvalue weighted by Crippen LogP contribution is -2.46. The predicted molar refractivity (Wildman–Crippen MR) is 143 cm³/mol. The van der Waals surface area contributed by atoms with Gasteiger partial charge in [0.2, 0.25) is 0 Å². The number of aromatic nitrogens is 2. The van der Waals surface area contributed by atoms with Gasteiger partial charge in [0, 0.05) is 23.0 Å². The molecule has 3 rings (SSSR count). The number of amides is 1. The second kappa shape index (κ2) is 10.0. The molecule has 3 N–H and O–H groups in total. The lowest BCUT2D eigenvalue weighted by atomic mass is 9.97. The number of nitrogens with one attached hydrogen (secondary N) is 1. The molecule has 1 unspecified atom stereocenters. The third-order valence-corrected chi connectivity index (χ3v) is 12.3. The summed E-state index contributed by atoms with van der Waals surface area (Å²) in [6.45, 7) is 16.2. The second-order valence-corrected chi connectivity index (χ2v) is 16.7. The van der Waals surface area contributed by atoms with Gasteiger partial charge >= 0.3 is 0 Å². The fraction of sp³-hybridized carbons (Fsp3) is 0.560. The molecule has 8 nitrogen and oxygen atoms in total. The predicted octanol–water partition coefficient (Wildman–Crippen LogP) is 5.85. The molecule has 1 aromatic carbocycles. The van der Waals surface area contributed by atoms with Gasteiger partial charge in [-0.2, -0.15) is 10.4 Å². The molecule has 0 bridgehead atoms. The summed E-state index contributed by atoms with van der Waals surface area (Å²) in [6.07, 6.45) is 2.22. The molecule has 1 fully saturated rings. The number of hydrogen-bond donors (Lipinski definition) is 2. The van der Waals surface area contributed by atoms with Crippen LogP contribution >= 0.6 is 15.9 Å². The van der Waals surface area contributed by atoms with Gasteiger partial charge in [-0.3, -0.25) is 9.48 Å². The van der Waals surface area contributed by atoms with E-state index in [-0.39, 0.29) is 22.6 Å². The fourth-order valence-electron chi connectivity index (χ4n) is 4.02. The zero-order valence-corrected chi connectivity index (χ0v) is 24.2. The van der Waals surface area contributed by atoms with Crippen LogP contribution in [0.1, 0.15) is 63.0 Å². The summed E-state index contributed by atoms with van der Waals surface area (Å²) in [5, 5.41) is 17.5. The van der Waals surface area contributed by atoms with Crippen LogP contribution in [0.5, 0.6) is 0 Å². The van der Waals surface area contributed by atoms with E-state index >= 15 is 0 Å². The number of carbonyl (C=O) groups excluding carboxylic acids is 1. The van der Waals surface area contributed by atoms with Gasteiger partial charge in [0.05, 0.1) is 30.2 Å². The molecule has 1 aromatic heterocycles. The number of nitrogens with zero attached hydrogens (tertiary/aromatic N) is 3. The number of rotatable bonds is 7. The normalized spacial score (nSPS) is 19.3. The first-order valence-electron chi connectivity index (χ1n) is 11.8. The number of nitriles is 1. The topological polar surface area (TPSA) is 115 Å². The lowest BCUT2D eigenvalue weighted by Gasteiger charge is -2.43. The van der Waals surface area contributed by atoms with E-state index in [1.807, 2.05) is 18.2 Å². The molecule has 1 aliphatic heterocycles. The lowest BCUT2D eigenvalue weighted by molar-refractivity contribution is 0.0342. The van der Waals surface area contributed by atoms with Crippen LogP contribution in [0.15, 0.2) is 28.9 Å². The first kappa shape index (κ1) is 27.4. The summed E-state index contributed by atoms with van der Waals surface area (Å²) < 4.78 is 14.9. The summed E-state index contributed by atoms with van der Waals surface area (Å²) in [6, 6.07) is 7.91. The highest BCUT2D eigenvalue weighted by atomic mass is 79.9. The number of ether oxygens (including phenoxy) is 1. The summed E-state index contributed by atoms with van der Waals surface area (Å²) in [5.74, 6) is -0.496. The van der Waals surface area contributed by atoms with Crippen molar-refractivity contribution in [3.63, 3.8) is 0 Å². The number of anilines is 2. The van der Waals surface area contributed by atoms with Crippen molar-refractivity contribution in [3.8, 4) is 6.07 Å². The fourth-order valence-corrected chi connectivity index (χ4v) is 6.43. The van der Waals surface area contributed by atoms with Gasteiger partial charge in [0.1, 0.15) is 5.56 Å². The van der Waals surface area contributed by atoms with Gasteiger partial charge < -0.3 is 20.2 Å². The standard InChI is InChI=1S/C25H36BrN5O3Si/c1-24(2,3)35(6,7)34-25(4,5)19-12-17(8-9-20(19)26)29-23-18(22(28)32)14-31(30-23)21-15-33-11-10-16(21)13-27/h8-9,12,14,16,21H,10-11,15H2,1-7H3,(H2,28,32)(H,29,30)/t16-,21?/m1/s1. The Morgan fingerprint density at radius 1 is 1.34 bits per heavy atom. The summed E-state index contributed by atoms with van der Waals surface area (Å²) in [5.41, 5.74) is 7.10. The van der Waals surface area contributed by atoms with Crippen molar-refractivity contribution >= 4 is 41.7 Å². The minimum absolute atomic E-state index is 0.0694. The van der Waals surface area contributed by atoms with E-state index < -0.39 is 19.8 Å². The molecule has 2 atom stereocenters. The average Bonchev–Trinajstić information content (AvgIpc) is 3.17. The number of carbonyl (C=O) groups is 1. The highest BCUT2D eigenvalue weighted by molar-refractivity contribution is 9.10. The van der Waals surface area contributed by atoms with Crippen LogP contribution in [-0.2, 0) is 14.8 Å². The third kappa shape index (κ3) is 5.97. The molecule has 2 heterocycles. The molecular weight excluding hydrogens is 526 g/mol. The van der Waals surface area contributed by atoms with Crippen molar-refractivity contribution in [2.24, 2.45) is 11.7 Å². The molecular formula is C25H36BrN5O3Si. The Morgan fingerprint density at radius 3 is 2.63 bits per heavy atom. The number of benzene rings is 1. The van der Waals surface area contributed by atoms with Gasteiger partial charge in [0.25, 0.3) is 5.91 Å². The molecule has 190 valence electrons. The Morgan fingerprint density at radius 2 is 2.03 bits per heavy atom. The Bertz CT molecular complexity index is 1130. The molecule has 0 saturated carbocycles. The van der Waals surface area contributed by atoms with E-state index in [2.05, 4.69) is 80.1 Å². The van der Waals surface area contributed by atoms with Crippen LogP contribution in [0.2, 0.25) is 18.1 Å². The van der Waals surface area contributed by atoms with E-state index in [1.54, 1.807) is 10.9 Å². The zero-order valence-electron chi connectivity index (χ0n) is 21.6. The van der Waals surface area contributed by atoms with E-state index in [0.717, 1.165) is 15.7 Å². The van der Waals surface area contributed by atoms with Gasteiger partial charge in [-0.15, -0.1) is 0 Å². The van der Waals surface area contributed by atoms with Crippen LogP contribution < -0.4 is 11.1 Å². The zero-order chi connectivity index (χ0) is 26.2. The summed E-state index contributed by atoms with van der Waals surface area (Å²) >= 11 is 3.69. The number of primary amides is 1. The second-order valence-electron chi connectivity index (χ2n) is 11.1. The molecule has 1 amide bonds. The first-order chi connectivity index (χ1) is 16.2. The van der Waals surface area contributed by atoms with Crippen LogP contribution in [0.4, 0.5) is 11.5 Å². The highest BCUT2D eigenvalue weighted by Gasteiger charge is 2.42. The molecule has 35 heavy (non-hydrogen) atoms. The summed E-state index contributed by atoms with van der Waals surface area (Å²) in [4.78, 5) is 12.2. The number of halogens is 1. The van der Waals surface area contributed by atoms with E-state index in [4.69, 9.17) is 14.9 Å². The van der Waals surface area contributed by atoms with Crippen molar-refractivity contribution in [2.75, 3.05) is 18.5 Å². The molecule has 1 saturated heterocycles. The smallest absolute Gasteiger partial charge is 0.254 e. The van der Waals surface area contributed by atoms with Crippen molar-refractivity contribution < 1.29 is 14.0 Å². The monoisotopic (exact) mass is 561 g/mol. The first-order valence-corrected chi connectivity index (χ1v) is 15.5. The quantitative estimate of drug-likeness (QED) is 0.410. The van der Waals surface area contributed by atoms with Crippen molar-refractivity contribution in [3.05, 3.63) is 40.0 Å². The Labute approximate surface area is 217 Å². The van der Waals surface area contributed by atoms with Crippen molar-refractivity contribution in [1.29, 1.82) is 5.26 Å². The SMILES string of the molecule is CC(C)(O[Si](C)(C)C(C)(C)C)c1cc(Nc2nn(C3COCC[C@@H]3C#N)cc2C(N)=O)ccc1Br. The molecule has 10 heteroatoms. The minimum atomic E-state index is -2.04. The van der Waals surface area contributed by atoms with Crippen molar-refractivity contribution in [2.45, 2.75) is 70.8 Å². The highest BCUT2D eigenvalue weighted by Crippen LogP contribution is 2.43. The molecule has 1 aliphatic rings. The van der Waals surface area contributed by atoms with Crippen LogP contribution in [-0.4, -0.2) is 37.2 Å². The maximum atomic E-state index is 12.2. The van der Waals surface area contributed by atoms with Gasteiger partial charge in [0.15, 0.2) is 14.1 Å². The van der Waals surface area contributed by atoms with E-state index in [0.29, 0.717) is 25.5 Å². The van der Waals surface area contributed by atoms with E-state index in [1.165, 1.54) is 0 Å². The van der Waals surface area contributed by atoms with Crippen molar-refractivity contribution in [1.82, 2.24) is 9.78 Å². The largest absolute Gasteiger partial charge is 0.408 e. The van der Waals surface area contributed by atoms with E-state index in [9.17, 15) is 10.1 Å². The van der Waals surface area contributed by atoms with Crippen LogP contribution in [0, 0.1) is 17.2 Å². The van der Waals surface area contributed by atoms with Crippen LogP contribution in [0.25, 0.3) is 0 Å². The minimum Gasteiger partial charge on any atom is -0.408 e. The Balaban J connectivity index is 1.94. The van der Waals surface area contributed by atoms with Gasteiger partial charge in [-0.1, -0.05) is 36.7 Å². The Hall–Kier alpha value is -2.19. The Kier molecular flexibility index (Phi) is 7.87. The third-order valence-electron chi connectivity index (χ3n) is 7.02. The molecule has 0 radical (unpaired) electrons. The average molecular weight is 563 g/mol.